The van der Waals surface area contributed by atoms with Gasteiger partial charge in [-0.05, 0) is 64.4 Å². The summed E-state index contributed by atoms with van der Waals surface area (Å²) in [6, 6.07) is 6.71. The number of likely N-dealkylation sites (tertiary alicyclic amines) is 1. The van der Waals surface area contributed by atoms with Gasteiger partial charge in [0.2, 0.25) is 5.91 Å². The number of anilines is 1. The quantitative estimate of drug-likeness (QED) is 0.553. The Labute approximate surface area is 178 Å². The molecule has 0 unspecified atom stereocenters. The predicted molar refractivity (Wildman–Crippen MR) is 119 cm³/mol. The second-order valence-electron chi connectivity index (χ2n) is 7.91. The molecule has 1 aliphatic heterocycles. The van der Waals surface area contributed by atoms with Crippen molar-refractivity contribution in [3.05, 3.63) is 50.9 Å². The van der Waals surface area contributed by atoms with Crippen molar-refractivity contribution in [1.29, 1.82) is 0 Å². The number of hydrogen-bond donors (Lipinski definition) is 3. The molecule has 3 N–H and O–H groups in total. The zero-order chi connectivity index (χ0) is 21.4. The third kappa shape index (κ3) is 3.85. The molecule has 1 fully saturated rings. The number of benzene rings is 1. The zero-order valence-electron chi connectivity index (χ0n) is 17.4. The number of aromatic nitrogens is 2. The molecule has 3 heterocycles. The van der Waals surface area contributed by atoms with Gasteiger partial charge >= 0.3 is 0 Å². The molecule has 158 valence electrons. The number of para-hydroxylation sites is 2. The average molecular weight is 427 g/mol. The number of carbonyl (C=O) groups excluding carboxylic acids is 1. The maximum atomic E-state index is 12.6. The molecule has 1 amide bonds. The SMILES string of the molecule is Cc1sc2nc([C@H](C)N3CCC(C(=O)Nc4ccccc4O)CC3)[nH]c(=O)c2c1C. The predicted octanol–water partition coefficient (Wildman–Crippen LogP) is 3.72. The van der Waals surface area contributed by atoms with E-state index in [2.05, 4.69) is 15.2 Å². The van der Waals surface area contributed by atoms with E-state index in [4.69, 9.17) is 4.98 Å². The molecule has 3 aromatic rings. The van der Waals surface area contributed by atoms with Crippen LogP contribution in [0.4, 0.5) is 5.69 Å². The summed E-state index contributed by atoms with van der Waals surface area (Å²) in [5, 5.41) is 13.4. The summed E-state index contributed by atoms with van der Waals surface area (Å²) >= 11 is 1.55. The second-order valence-corrected chi connectivity index (χ2v) is 9.11. The van der Waals surface area contributed by atoms with E-state index in [1.807, 2.05) is 20.8 Å². The Balaban J connectivity index is 1.42. The summed E-state index contributed by atoms with van der Waals surface area (Å²) in [4.78, 5) is 37.0. The molecule has 1 aromatic carbocycles. The minimum atomic E-state index is -0.106. The van der Waals surface area contributed by atoms with E-state index in [-0.39, 0.29) is 29.2 Å². The van der Waals surface area contributed by atoms with Gasteiger partial charge < -0.3 is 15.4 Å². The van der Waals surface area contributed by atoms with Crippen LogP contribution < -0.4 is 10.9 Å². The van der Waals surface area contributed by atoms with Crippen molar-refractivity contribution in [1.82, 2.24) is 14.9 Å². The third-order valence-electron chi connectivity index (χ3n) is 6.06. The molecule has 1 saturated heterocycles. The summed E-state index contributed by atoms with van der Waals surface area (Å²) in [7, 11) is 0. The molecular weight excluding hydrogens is 400 g/mol. The number of nitrogens with zero attached hydrogens (tertiary/aromatic N) is 2. The lowest BCUT2D eigenvalue weighted by Crippen LogP contribution is -2.40. The first-order valence-electron chi connectivity index (χ1n) is 10.2. The summed E-state index contributed by atoms with van der Waals surface area (Å²) in [6.45, 7) is 7.49. The van der Waals surface area contributed by atoms with Gasteiger partial charge in [0.25, 0.3) is 5.56 Å². The van der Waals surface area contributed by atoms with Crippen LogP contribution in [0.5, 0.6) is 5.75 Å². The molecule has 4 rings (SSSR count). The van der Waals surface area contributed by atoms with E-state index in [0.29, 0.717) is 29.7 Å². The van der Waals surface area contributed by atoms with Crippen molar-refractivity contribution in [2.75, 3.05) is 18.4 Å². The maximum absolute atomic E-state index is 12.6. The number of H-pyrrole nitrogens is 1. The van der Waals surface area contributed by atoms with Gasteiger partial charge in [-0.25, -0.2) is 4.98 Å². The number of aromatic hydroxyl groups is 1. The Hall–Kier alpha value is -2.71. The smallest absolute Gasteiger partial charge is 0.259 e. The molecule has 2 aromatic heterocycles. The second kappa shape index (κ2) is 8.20. The fourth-order valence-corrected chi connectivity index (χ4v) is 5.04. The maximum Gasteiger partial charge on any atom is 0.259 e. The molecule has 0 radical (unpaired) electrons. The highest BCUT2D eigenvalue weighted by Crippen LogP contribution is 2.30. The van der Waals surface area contributed by atoms with Crippen molar-refractivity contribution < 1.29 is 9.90 Å². The van der Waals surface area contributed by atoms with Crippen molar-refractivity contribution in [3.63, 3.8) is 0 Å². The van der Waals surface area contributed by atoms with E-state index < -0.39 is 0 Å². The first kappa shape index (κ1) is 20.6. The van der Waals surface area contributed by atoms with Crippen LogP contribution >= 0.6 is 11.3 Å². The third-order valence-corrected chi connectivity index (χ3v) is 7.16. The number of thiophene rings is 1. The van der Waals surface area contributed by atoms with Crippen LogP contribution in [0.3, 0.4) is 0 Å². The summed E-state index contributed by atoms with van der Waals surface area (Å²) < 4.78 is 0. The summed E-state index contributed by atoms with van der Waals surface area (Å²) in [6.07, 6.45) is 1.43. The van der Waals surface area contributed by atoms with Crippen molar-refractivity contribution in [3.8, 4) is 5.75 Å². The average Bonchev–Trinajstić information content (AvgIpc) is 3.03. The number of hydrogen-bond acceptors (Lipinski definition) is 6. The van der Waals surface area contributed by atoms with Crippen LogP contribution in [0.15, 0.2) is 29.1 Å². The molecular formula is C22H26N4O3S. The summed E-state index contributed by atoms with van der Waals surface area (Å²) in [5.41, 5.74) is 1.36. The Morgan fingerprint density at radius 1 is 1.30 bits per heavy atom. The fourth-order valence-electron chi connectivity index (χ4n) is 4.01. The number of piperidine rings is 1. The molecule has 0 bridgehead atoms. The van der Waals surface area contributed by atoms with Crippen LogP contribution in [-0.2, 0) is 4.79 Å². The Morgan fingerprint density at radius 3 is 2.70 bits per heavy atom. The van der Waals surface area contributed by atoms with Crippen molar-refractivity contribution >= 4 is 33.1 Å². The number of nitrogens with one attached hydrogen (secondary N) is 2. The van der Waals surface area contributed by atoms with Crippen LogP contribution in [0.2, 0.25) is 0 Å². The van der Waals surface area contributed by atoms with Gasteiger partial charge in [-0.3, -0.25) is 14.5 Å². The number of phenolic OH excluding ortho intramolecular Hbond substituents is 1. The number of carbonyl (C=O) groups is 1. The van der Waals surface area contributed by atoms with Crippen LogP contribution in [0.25, 0.3) is 10.2 Å². The molecule has 7 nitrogen and oxygen atoms in total. The first-order chi connectivity index (χ1) is 14.3. The largest absolute Gasteiger partial charge is 0.506 e. The monoisotopic (exact) mass is 426 g/mol. The standard InChI is InChI=1S/C22H26N4O3S/c1-12-14(3)30-22-18(12)21(29)24-19(25-22)13(2)26-10-8-15(9-11-26)20(28)23-16-6-4-5-7-17(16)27/h4-7,13,15,27H,8-11H2,1-3H3,(H,23,28)(H,24,25,29)/t13-/m0/s1. The van der Waals surface area contributed by atoms with E-state index in [9.17, 15) is 14.7 Å². The minimum Gasteiger partial charge on any atom is -0.506 e. The van der Waals surface area contributed by atoms with Crippen molar-refractivity contribution in [2.45, 2.75) is 39.7 Å². The molecule has 0 saturated carbocycles. The lowest BCUT2D eigenvalue weighted by atomic mass is 9.94. The van der Waals surface area contributed by atoms with Gasteiger partial charge in [0.15, 0.2) is 0 Å². The lowest BCUT2D eigenvalue weighted by Gasteiger charge is -2.35. The number of aryl methyl sites for hydroxylation is 2. The molecule has 1 aliphatic rings. The molecule has 8 heteroatoms. The number of aromatic amines is 1. The Bertz CT molecular complexity index is 1140. The van der Waals surface area contributed by atoms with Crippen molar-refractivity contribution in [2.24, 2.45) is 5.92 Å². The number of fused-ring (bicyclic) bond motifs is 1. The van der Waals surface area contributed by atoms with Crippen LogP contribution in [0.1, 0.15) is 42.1 Å². The summed E-state index contributed by atoms with van der Waals surface area (Å²) in [5.74, 6) is 0.568. The topological polar surface area (TPSA) is 98.3 Å². The van der Waals surface area contributed by atoms with E-state index in [1.165, 1.54) is 0 Å². The van der Waals surface area contributed by atoms with Gasteiger partial charge in [0.1, 0.15) is 16.4 Å². The zero-order valence-corrected chi connectivity index (χ0v) is 18.2. The number of amides is 1. The molecule has 0 spiro atoms. The first-order valence-corrected chi connectivity index (χ1v) is 11.0. The highest BCUT2D eigenvalue weighted by Gasteiger charge is 2.29. The van der Waals surface area contributed by atoms with Gasteiger partial charge in [0, 0.05) is 10.8 Å². The van der Waals surface area contributed by atoms with E-state index in [0.717, 1.165) is 28.4 Å². The number of rotatable bonds is 4. The van der Waals surface area contributed by atoms with E-state index >= 15 is 0 Å². The Morgan fingerprint density at radius 2 is 2.00 bits per heavy atom. The molecule has 1 atom stereocenters. The number of phenols is 1. The van der Waals surface area contributed by atoms with Gasteiger partial charge in [0.05, 0.1) is 17.1 Å². The van der Waals surface area contributed by atoms with Crippen LogP contribution in [-0.4, -0.2) is 39.0 Å². The van der Waals surface area contributed by atoms with E-state index in [1.54, 1.807) is 35.6 Å². The van der Waals surface area contributed by atoms with Gasteiger partial charge in [-0.1, -0.05) is 12.1 Å². The van der Waals surface area contributed by atoms with Gasteiger partial charge in [-0.2, -0.15) is 0 Å². The minimum absolute atomic E-state index is 0.0352. The normalized spacial score (nSPS) is 16.6. The fraction of sp³-hybridized carbons (Fsp3) is 0.409. The lowest BCUT2D eigenvalue weighted by molar-refractivity contribution is -0.121. The molecule has 0 aliphatic carbocycles. The Kier molecular flexibility index (Phi) is 5.62. The highest BCUT2D eigenvalue weighted by atomic mass is 32.1. The van der Waals surface area contributed by atoms with Gasteiger partial charge in [-0.15, -0.1) is 11.3 Å². The van der Waals surface area contributed by atoms with Crippen LogP contribution in [0, 0.1) is 19.8 Å². The molecule has 30 heavy (non-hydrogen) atoms. The highest BCUT2D eigenvalue weighted by molar-refractivity contribution is 7.18.